The molecule has 0 spiro atoms. The fraction of sp³-hybridized carbons (Fsp3) is 0.481. The zero-order valence-electron chi connectivity index (χ0n) is 21.7. The van der Waals surface area contributed by atoms with Gasteiger partial charge in [-0.15, -0.1) is 0 Å². The zero-order valence-corrected chi connectivity index (χ0v) is 23.3. The first-order chi connectivity index (χ1) is 17.9. The monoisotopic (exact) mass is 545 g/mol. The Bertz CT molecular complexity index is 1390. The van der Waals surface area contributed by atoms with Crippen molar-refractivity contribution >= 4 is 37.5 Å². The van der Waals surface area contributed by atoms with Crippen LogP contribution >= 0.6 is 11.3 Å². The first kappa shape index (κ1) is 27.5. The van der Waals surface area contributed by atoms with E-state index in [-0.39, 0.29) is 10.9 Å². The summed E-state index contributed by atoms with van der Waals surface area (Å²) in [7, 11) is -3.61. The van der Waals surface area contributed by atoms with Crippen LogP contribution < -0.4 is 9.54 Å². The highest BCUT2D eigenvalue weighted by atomic mass is 32.2. The van der Waals surface area contributed by atoms with Crippen molar-refractivity contribution in [1.82, 2.24) is 8.87 Å². The number of amides is 1. The second-order valence-corrected chi connectivity index (χ2v) is 11.8. The Morgan fingerprint density at radius 3 is 2.57 bits per heavy atom. The van der Waals surface area contributed by atoms with E-state index in [9.17, 15) is 13.2 Å². The van der Waals surface area contributed by atoms with Gasteiger partial charge in [-0.3, -0.25) is 4.79 Å². The van der Waals surface area contributed by atoms with E-state index >= 15 is 0 Å². The Labute approximate surface area is 222 Å². The Hall–Kier alpha value is -2.53. The van der Waals surface area contributed by atoms with Gasteiger partial charge in [0.2, 0.25) is 10.0 Å². The molecule has 3 aromatic rings. The van der Waals surface area contributed by atoms with E-state index in [1.807, 2.05) is 43.5 Å². The van der Waals surface area contributed by atoms with E-state index in [4.69, 9.17) is 9.47 Å². The molecule has 1 amide bonds. The second-order valence-electron chi connectivity index (χ2n) is 8.88. The van der Waals surface area contributed by atoms with E-state index in [1.165, 1.54) is 23.5 Å². The normalized spacial score (nSPS) is 17.4. The lowest BCUT2D eigenvalue weighted by Gasteiger charge is -2.34. The third-order valence-electron chi connectivity index (χ3n) is 6.58. The van der Waals surface area contributed by atoms with Gasteiger partial charge in [0, 0.05) is 31.3 Å². The molecule has 200 valence electrons. The molecule has 1 fully saturated rings. The number of hydrogen-bond acceptors (Lipinski definition) is 6. The van der Waals surface area contributed by atoms with Crippen LogP contribution in [0.3, 0.4) is 0 Å². The van der Waals surface area contributed by atoms with Crippen molar-refractivity contribution in [3.05, 3.63) is 52.8 Å². The van der Waals surface area contributed by atoms with E-state index < -0.39 is 15.9 Å². The molecule has 0 bridgehead atoms. The van der Waals surface area contributed by atoms with Gasteiger partial charge in [-0.25, -0.2) is 8.42 Å². The zero-order chi connectivity index (χ0) is 26.4. The SMILES string of the molecule is CCOCCn1c(=NC(=O)c2ccc(S(=O)(=O)N3CCCCC3CC)cc2)sc2cccc(OCC)c21. The smallest absolute Gasteiger partial charge is 0.279 e. The summed E-state index contributed by atoms with van der Waals surface area (Å²) < 4.78 is 42.5. The standard InChI is InChI=1S/C27H35N3O5S2/c1-4-21-10-7-8-17-30(21)37(32,33)22-15-13-20(14-16-22)26(31)28-27-29(18-19-34-5-2)25-23(35-6-3)11-9-12-24(25)36-27/h9,11-16,21H,4-8,10,17-19H2,1-3H3. The van der Waals surface area contributed by atoms with Crippen LogP contribution in [-0.2, 0) is 21.3 Å². The highest BCUT2D eigenvalue weighted by molar-refractivity contribution is 7.89. The molecule has 1 atom stereocenters. The highest BCUT2D eigenvalue weighted by Gasteiger charge is 2.32. The lowest BCUT2D eigenvalue weighted by atomic mass is 10.0. The van der Waals surface area contributed by atoms with Crippen molar-refractivity contribution in [1.29, 1.82) is 0 Å². The van der Waals surface area contributed by atoms with Crippen LogP contribution in [0.2, 0.25) is 0 Å². The van der Waals surface area contributed by atoms with Gasteiger partial charge in [0.15, 0.2) is 4.80 Å². The number of ether oxygens (including phenoxy) is 2. The van der Waals surface area contributed by atoms with Crippen LogP contribution in [-0.4, -0.2) is 55.6 Å². The minimum Gasteiger partial charge on any atom is -0.492 e. The molecular weight excluding hydrogens is 510 g/mol. The summed E-state index contributed by atoms with van der Waals surface area (Å²) in [6.45, 7) is 8.55. The van der Waals surface area contributed by atoms with Gasteiger partial charge in [-0.2, -0.15) is 9.30 Å². The summed E-state index contributed by atoms with van der Waals surface area (Å²) >= 11 is 1.41. The predicted octanol–water partition coefficient (Wildman–Crippen LogP) is 4.83. The number of aromatic nitrogens is 1. The molecule has 1 aromatic heterocycles. The number of rotatable bonds is 10. The maximum Gasteiger partial charge on any atom is 0.279 e. The third-order valence-corrected chi connectivity index (χ3v) is 9.59. The fourth-order valence-corrected chi connectivity index (χ4v) is 7.56. The number of carbonyl (C=O) groups is 1. The maximum atomic E-state index is 13.3. The summed E-state index contributed by atoms with van der Waals surface area (Å²) in [6, 6.07) is 12.0. The Morgan fingerprint density at radius 2 is 1.86 bits per heavy atom. The molecule has 0 radical (unpaired) electrons. The lowest BCUT2D eigenvalue weighted by molar-refractivity contribution is 0.0996. The van der Waals surface area contributed by atoms with Crippen molar-refractivity contribution in [2.45, 2.75) is 63.9 Å². The Morgan fingerprint density at radius 1 is 1.08 bits per heavy atom. The number of sulfonamides is 1. The lowest BCUT2D eigenvalue weighted by Crippen LogP contribution is -2.43. The van der Waals surface area contributed by atoms with Gasteiger partial charge in [0.1, 0.15) is 11.3 Å². The van der Waals surface area contributed by atoms with Crippen LogP contribution in [0, 0.1) is 0 Å². The number of fused-ring (bicyclic) bond motifs is 1. The van der Waals surface area contributed by atoms with Crippen molar-refractivity contribution in [2.75, 3.05) is 26.4 Å². The largest absolute Gasteiger partial charge is 0.492 e. The van der Waals surface area contributed by atoms with Gasteiger partial charge >= 0.3 is 0 Å². The molecule has 4 rings (SSSR count). The quantitative estimate of drug-likeness (QED) is 0.340. The molecule has 1 aliphatic rings. The molecule has 1 aliphatic heterocycles. The summed E-state index contributed by atoms with van der Waals surface area (Å²) in [5.74, 6) is 0.308. The molecule has 37 heavy (non-hydrogen) atoms. The molecule has 0 saturated carbocycles. The second kappa shape index (κ2) is 12.3. The first-order valence-corrected chi connectivity index (χ1v) is 15.2. The number of carbonyl (C=O) groups excluding carboxylic acids is 1. The van der Waals surface area contributed by atoms with Crippen molar-refractivity contribution < 1.29 is 22.7 Å². The van der Waals surface area contributed by atoms with Crippen LogP contribution in [0.4, 0.5) is 0 Å². The molecule has 0 N–H and O–H groups in total. The molecule has 1 unspecified atom stereocenters. The number of benzene rings is 2. The number of thiazole rings is 1. The summed E-state index contributed by atoms with van der Waals surface area (Å²) in [5, 5.41) is 0. The number of piperidine rings is 1. The van der Waals surface area contributed by atoms with E-state index in [0.717, 1.165) is 41.6 Å². The number of nitrogens with zero attached hydrogens (tertiary/aromatic N) is 3. The topological polar surface area (TPSA) is 90.2 Å². The van der Waals surface area contributed by atoms with Gasteiger partial charge in [0.05, 0.1) is 22.8 Å². The van der Waals surface area contributed by atoms with Gasteiger partial charge in [-0.05, 0) is 69.5 Å². The minimum absolute atomic E-state index is 0.0248. The minimum atomic E-state index is -3.61. The molecule has 10 heteroatoms. The van der Waals surface area contributed by atoms with E-state index in [1.54, 1.807) is 16.4 Å². The van der Waals surface area contributed by atoms with Crippen LogP contribution in [0.15, 0.2) is 52.4 Å². The number of hydrogen-bond donors (Lipinski definition) is 0. The summed E-state index contributed by atoms with van der Waals surface area (Å²) in [6.07, 6.45) is 3.59. The van der Waals surface area contributed by atoms with Crippen LogP contribution in [0.1, 0.15) is 56.8 Å². The highest BCUT2D eigenvalue weighted by Crippen LogP contribution is 2.29. The van der Waals surface area contributed by atoms with Gasteiger partial charge in [-0.1, -0.05) is 30.7 Å². The molecule has 2 heterocycles. The first-order valence-electron chi connectivity index (χ1n) is 12.9. The molecular formula is C27H35N3O5S2. The van der Waals surface area contributed by atoms with Gasteiger partial charge < -0.3 is 14.0 Å². The van der Waals surface area contributed by atoms with Crippen molar-refractivity contribution in [2.24, 2.45) is 4.99 Å². The average molecular weight is 546 g/mol. The third kappa shape index (κ3) is 5.98. The van der Waals surface area contributed by atoms with Crippen LogP contribution in [0.25, 0.3) is 10.2 Å². The summed E-state index contributed by atoms with van der Waals surface area (Å²) in [5.41, 5.74) is 1.22. The van der Waals surface area contributed by atoms with Crippen LogP contribution in [0.5, 0.6) is 5.75 Å². The van der Waals surface area contributed by atoms with Crippen molar-refractivity contribution in [3.8, 4) is 5.75 Å². The Balaban J connectivity index is 1.66. The fourth-order valence-electron chi connectivity index (χ4n) is 4.72. The molecule has 0 aliphatic carbocycles. The van der Waals surface area contributed by atoms with Gasteiger partial charge in [0.25, 0.3) is 5.91 Å². The van der Waals surface area contributed by atoms with Crippen molar-refractivity contribution in [3.63, 3.8) is 0 Å². The molecule has 8 nitrogen and oxygen atoms in total. The maximum absolute atomic E-state index is 13.3. The number of para-hydroxylation sites is 1. The predicted molar refractivity (Wildman–Crippen MR) is 146 cm³/mol. The van der Waals surface area contributed by atoms with E-state index in [0.29, 0.717) is 43.3 Å². The Kier molecular flexibility index (Phi) is 9.17. The molecule has 2 aromatic carbocycles. The van der Waals surface area contributed by atoms with E-state index in [2.05, 4.69) is 4.99 Å². The summed E-state index contributed by atoms with van der Waals surface area (Å²) in [4.78, 5) is 18.3. The molecule has 1 saturated heterocycles. The average Bonchev–Trinajstić information content (AvgIpc) is 3.26.